The van der Waals surface area contributed by atoms with E-state index in [0.29, 0.717) is 24.4 Å². The summed E-state index contributed by atoms with van der Waals surface area (Å²) in [5, 5.41) is 20.7. The summed E-state index contributed by atoms with van der Waals surface area (Å²) < 4.78 is 5.44. The van der Waals surface area contributed by atoms with Gasteiger partial charge in [0.1, 0.15) is 18.5 Å². The predicted octanol–water partition coefficient (Wildman–Crippen LogP) is 2.45. The van der Waals surface area contributed by atoms with E-state index in [0.717, 1.165) is 0 Å². The lowest BCUT2D eigenvalue weighted by Crippen LogP contribution is -2.43. The molecule has 1 aromatic carbocycles. The van der Waals surface area contributed by atoms with Gasteiger partial charge in [-0.2, -0.15) is 0 Å². The van der Waals surface area contributed by atoms with E-state index in [1.165, 1.54) is 12.1 Å². The lowest BCUT2D eigenvalue weighted by Gasteiger charge is -2.32. The van der Waals surface area contributed by atoms with E-state index < -0.39 is 11.0 Å². The van der Waals surface area contributed by atoms with E-state index in [1.807, 2.05) is 0 Å². The Balaban J connectivity index is 2.54. The van der Waals surface area contributed by atoms with Gasteiger partial charge < -0.3 is 9.84 Å². The number of nitrogens with zero attached hydrogens (tertiary/aromatic N) is 2. The summed E-state index contributed by atoms with van der Waals surface area (Å²) >= 11 is 0. The van der Waals surface area contributed by atoms with Gasteiger partial charge in [-0.3, -0.25) is 15.0 Å². The van der Waals surface area contributed by atoms with Crippen molar-refractivity contribution in [3.05, 3.63) is 34.4 Å². The fraction of sp³-hybridized carbons (Fsp3) is 0.600. The molecule has 1 aromatic rings. The van der Waals surface area contributed by atoms with Crippen LogP contribution in [-0.2, 0) is 0 Å². The summed E-state index contributed by atoms with van der Waals surface area (Å²) in [6.07, 6.45) is -0.644. The smallest absolute Gasteiger partial charge is 0.273 e. The molecule has 21 heavy (non-hydrogen) atoms. The SMILES string of the molecule is CC(C)N(CC(O)COc1cccc([N+](=O)[O-])c1)C(C)C. The monoisotopic (exact) mass is 296 g/mol. The highest BCUT2D eigenvalue weighted by Gasteiger charge is 2.18. The summed E-state index contributed by atoms with van der Waals surface area (Å²) in [7, 11) is 0. The van der Waals surface area contributed by atoms with Crippen molar-refractivity contribution in [1.82, 2.24) is 4.90 Å². The molecule has 0 amide bonds. The topological polar surface area (TPSA) is 75.8 Å². The van der Waals surface area contributed by atoms with Crippen molar-refractivity contribution in [2.24, 2.45) is 0 Å². The fourth-order valence-corrected chi connectivity index (χ4v) is 2.19. The number of non-ortho nitro benzene ring substituents is 1. The highest BCUT2D eigenvalue weighted by molar-refractivity contribution is 5.37. The average Bonchev–Trinajstić information content (AvgIpc) is 2.42. The van der Waals surface area contributed by atoms with Crippen molar-refractivity contribution in [3.63, 3.8) is 0 Å². The molecule has 0 saturated carbocycles. The largest absolute Gasteiger partial charge is 0.491 e. The van der Waals surface area contributed by atoms with Gasteiger partial charge in [0.2, 0.25) is 0 Å². The lowest BCUT2D eigenvalue weighted by atomic mass is 10.2. The zero-order valence-electron chi connectivity index (χ0n) is 13.0. The Morgan fingerprint density at radius 2 is 1.90 bits per heavy atom. The maximum atomic E-state index is 10.7. The van der Waals surface area contributed by atoms with E-state index in [-0.39, 0.29) is 12.3 Å². The minimum atomic E-state index is -0.644. The van der Waals surface area contributed by atoms with Crippen LogP contribution in [0.3, 0.4) is 0 Å². The van der Waals surface area contributed by atoms with Crippen LogP contribution in [0.1, 0.15) is 27.7 Å². The van der Waals surface area contributed by atoms with Gasteiger partial charge in [0, 0.05) is 24.7 Å². The standard InChI is InChI=1S/C15H24N2O4/c1-11(2)16(12(3)4)9-14(18)10-21-15-7-5-6-13(8-15)17(19)20/h5-8,11-12,14,18H,9-10H2,1-4H3. The van der Waals surface area contributed by atoms with Gasteiger partial charge in [-0.05, 0) is 33.8 Å². The van der Waals surface area contributed by atoms with Gasteiger partial charge in [0.25, 0.3) is 5.69 Å². The molecule has 0 aliphatic heterocycles. The van der Waals surface area contributed by atoms with Crippen molar-refractivity contribution in [2.75, 3.05) is 13.2 Å². The molecule has 0 heterocycles. The van der Waals surface area contributed by atoms with Crippen LogP contribution >= 0.6 is 0 Å². The van der Waals surface area contributed by atoms with Crippen molar-refractivity contribution < 1.29 is 14.8 Å². The molecule has 0 fully saturated rings. The maximum Gasteiger partial charge on any atom is 0.273 e. The molecule has 0 aromatic heterocycles. The molecule has 0 aliphatic rings. The minimum absolute atomic E-state index is 0.0204. The lowest BCUT2D eigenvalue weighted by molar-refractivity contribution is -0.384. The van der Waals surface area contributed by atoms with E-state index in [4.69, 9.17) is 4.74 Å². The van der Waals surface area contributed by atoms with Crippen LogP contribution in [0.2, 0.25) is 0 Å². The van der Waals surface area contributed by atoms with E-state index >= 15 is 0 Å². The second-order valence-corrected chi connectivity index (χ2v) is 5.60. The molecule has 1 atom stereocenters. The molecular formula is C15H24N2O4. The molecule has 0 radical (unpaired) electrons. The molecule has 0 aliphatic carbocycles. The van der Waals surface area contributed by atoms with Crippen LogP contribution < -0.4 is 4.74 Å². The highest BCUT2D eigenvalue weighted by atomic mass is 16.6. The van der Waals surface area contributed by atoms with Crippen LogP contribution in [0.4, 0.5) is 5.69 Å². The van der Waals surface area contributed by atoms with E-state index in [9.17, 15) is 15.2 Å². The Bertz CT molecular complexity index is 455. The zero-order valence-corrected chi connectivity index (χ0v) is 13.0. The number of rotatable bonds is 8. The average molecular weight is 296 g/mol. The molecule has 1 N–H and O–H groups in total. The van der Waals surface area contributed by atoms with Crippen molar-refractivity contribution in [2.45, 2.75) is 45.9 Å². The third-order valence-electron chi connectivity index (χ3n) is 3.22. The van der Waals surface area contributed by atoms with E-state index in [2.05, 4.69) is 32.6 Å². The Morgan fingerprint density at radius 3 is 2.43 bits per heavy atom. The first-order chi connectivity index (χ1) is 9.81. The van der Waals surface area contributed by atoms with Crippen molar-refractivity contribution in [1.29, 1.82) is 0 Å². The number of hydrogen-bond donors (Lipinski definition) is 1. The van der Waals surface area contributed by atoms with Gasteiger partial charge in [-0.15, -0.1) is 0 Å². The predicted molar refractivity (Wildman–Crippen MR) is 81.6 cm³/mol. The highest BCUT2D eigenvalue weighted by Crippen LogP contribution is 2.19. The molecule has 6 heteroatoms. The number of nitro groups is 1. The summed E-state index contributed by atoms with van der Waals surface area (Å²) in [6.45, 7) is 8.92. The molecule has 6 nitrogen and oxygen atoms in total. The van der Waals surface area contributed by atoms with Gasteiger partial charge in [0.15, 0.2) is 0 Å². The Morgan fingerprint density at radius 1 is 1.29 bits per heavy atom. The number of hydrogen-bond acceptors (Lipinski definition) is 5. The zero-order chi connectivity index (χ0) is 16.0. The second-order valence-electron chi connectivity index (χ2n) is 5.60. The van der Waals surface area contributed by atoms with Crippen molar-refractivity contribution in [3.8, 4) is 5.75 Å². The number of nitro benzene ring substituents is 1. The maximum absolute atomic E-state index is 10.7. The quantitative estimate of drug-likeness (QED) is 0.589. The Kier molecular flexibility index (Phi) is 6.58. The van der Waals surface area contributed by atoms with Gasteiger partial charge in [-0.25, -0.2) is 0 Å². The van der Waals surface area contributed by atoms with Crippen LogP contribution in [0, 0.1) is 10.1 Å². The van der Waals surface area contributed by atoms with Gasteiger partial charge >= 0.3 is 0 Å². The first kappa shape index (κ1) is 17.4. The van der Waals surface area contributed by atoms with Crippen LogP contribution in [0.15, 0.2) is 24.3 Å². The summed E-state index contributed by atoms with van der Waals surface area (Å²) in [6, 6.07) is 6.63. The number of benzene rings is 1. The third-order valence-corrected chi connectivity index (χ3v) is 3.22. The fourth-order valence-electron chi connectivity index (χ4n) is 2.19. The van der Waals surface area contributed by atoms with E-state index in [1.54, 1.807) is 12.1 Å². The van der Waals surface area contributed by atoms with Crippen LogP contribution in [-0.4, -0.2) is 46.3 Å². The Labute approximate surface area is 125 Å². The second kappa shape index (κ2) is 7.95. The summed E-state index contributed by atoms with van der Waals surface area (Å²) in [5.41, 5.74) is -0.0204. The summed E-state index contributed by atoms with van der Waals surface area (Å²) in [4.78, 5) is 12.4. The normalized spacial score (nSPS) is 13.0. The summed E-state index contributed by atoms with van der Waals surface area (Å²) in [5.74, 6) is 0.392. The first-order valence-electron chi connectivity index (χ1n) is 7.12. The van der Waals surface area contributed by atoms with Crippen molar-refractivity contribution >= 4 is 5.69 Å². The molecule has 118 valence electrons. The number of aliphatic hydroxyl groups is 1. The molecular weight excluding hydrogens is 272 g/mol. The van der Waals surface area contributed by atoms with Crippen LogP contribution in [0.25, 0.3) is 0 Å². The molecule has 1 unspecified atom stereocenters. The number of aliphatic hydroxyl groups excluding tert-OH is 1. The molecule has 0 saturated heterocycles. The van der Waals surface area contributed by atoms with Gasteiger partial charge in [0.05, 0.1) is 11.0 Å². The molecule has 1 rings (SSSR count). The third kappa shape index (κ3) is 5.69. The number of ether oxygens (including phenoxy) is 1. The van der Waals surface area contributed by atoms with Crippen LogP contribution in [0.5, 0.6) is 5.75 Å². The molecule has 0 bridgehead atoms. The first-order valence-corrected chi connectivity index (χ1v) is 7.12. The Hall–Kier alpha value is -1.66. The minimum Gasteiger partial charge on any atom is -0.491 e. The van der Waals surface area contributed by atoms with Gasteiger partial charge in [-0.1, -0.05) is 6.07 Å². The molecule has 0 spiro atoms.